The van der Waals surface area contributed by atoms with Gasteiger partial charge in [-0.2, -0.15) is 0 Å². The minimum absolute atomic E-state index is 0.126. The molecule has 0 atom stereocenters. The van der Waals surface area contributed by atoms with Crippen molar-refractivity contribution in [1.82, 2.24) is 10.0 Å². The molecule has 0 fully saturated rings. The van der Waals surface area contributed by atoms with Crippen molar-refractivity contribution in [2.75, 3.05) is 13.1 Å². The molecule has 2 rings (SSSR count). The van der Waals surface area contributed by atoms with Crippen molar-refractivity contribution in [3.8, 4) is 0 Å². The van der Waals surface area contributed by atoms with Crippen molar-refractivity contribution in [3.63, 3.8) is 0 Å². The maximum absolute atomic E-state index is 11.9. The Hall–Kier alpha value is -1.35. The molecule has 1 heterocycles. The SMILES string of the molecule is O=C(NCCNS(=O)(=O)c1cccs1)c1ccccc1S. The van der Waals surface area contributed by atoms with E-state index in [0.29, 0.717) is 10.5 Å². The number of carbonyl (C=O) groups is 1. The Bertz CT molecular complexity index is 712. The molecule has 2 N–H and O–H groups in total. The van der Waals surface area contributed by atoms with Crippen LogP contribution in [0.1, 0.15) is 10.4 Å². The molecular formula is C13H14N2O3S3. The number of carbonyl (C=O) groups excluding carboxylic acids is 1. The number of thiol groups is 1. The number of rotatable bonds is 6. The lowest BCUT2D eigenvalue weighted by Crippen LogP contribution is -2.34. The van der Waals surface area contributed by atoms with Crippen molar-refractivity contribution in [2.24, 2.45) is 0 Å². The molecule has 112 valence electrons. The molecule has 0 aliphatic rings. The van der Waals surface area contributed by atoms with Crippen molar-refractivity contribution >= 4 is 39.9 Å². The number of benzene rings is 1. The Kier molecular flexibility index (Phi) is 5.40. The average molecular weight is 342 g/mol. The Morgan fingerprint density at radius 1 is 1.14 bits per heavy atom. The highest BCUT2D eigenvalue weighted by molar-refractivity contribution is 7.91. The van der Waals surface area contributed by atoms with Crippen LogP contribution in [0.15, 0.2) is 50.9 Å². The first-order valence-electron chi connectivity index (χ1n) is 6.10. The first-order valence-corrected chi connectivity index (χ1v) is 8.91. The lowest BCUT2D eigenvalue weighted by Gasteiger charge is -2.08. The van der Waals surface area contributed by atoms with E-state index in [1.54, 1.807) is 35.7 Å². The van der Waals surface area contributed by atoms with E-state index >= 15 is 0 Å². The monoisotopic (exact) mass is 342 g/mol. The minimum Gasteiger partial charge on any atom is -0.351 e. The Morgan fingerprint density at radius 3 is 2.57 bits per heavy atom. The molecule has 0 unspecified atom stereocenters. The fraction of sp³-hybridized carbons (Fsp3) is 0.154. The largest absolute Gasteiger partial charge is 0.351 e. The van der Waals surface area contributed by atoms with Crippen molar-refractivity contribution in [3.05, 3.63) is 47.3 Å². The van der Waals surface area contributed by atoms with Gasteiger partial charge >= 0.3 is 0 Å². The molecule has 2 aromatic rings. The van der Waals surface area contributed by atoms with Gasteiger partial charge in [0.25, 0.3) is 5.91 Å². The molecule has 1 aromatic heterocycles. The normalized spacial score (nSPS) is 11.3. The number of hydrogen-bond donors (Lipinski definition) is 3. The van der Waals surface area contributed by atoms with Gasteiger partial charge in [0.05, 0.1) is 5.56 Å². The van der Waals surface area contributed by atoms with Crippen LogP contribution in [0.5, 0.6) is 0 Å². The number of hydrogen-bond acceptors (Lipinski definition) is 5. The van der Waals surface area contributed by atoms with Gasteiger partial charge in [-0.05, 0) is 23.6 Å². The highest BCUT2D eigenvalue weighted by Gasteiger charge is 2.14. The van der Waals surface area contributed by atoms with Crippen LogP contribution in [0.2, 0.25) is 0 Å². The van der Waals surface area contributed by atoms with Crippen LogP contribution in [0.3, 0.4) is 0 Å². The zero-order valence-corrected chi connectivity index (χ0v) is 13.5. The van der Waals surface area contributed by atoms with Gasteiger partial charge in [0.1, 0.15) is 4.21 Å². The molecule has 0 saturated carbocycles. The van der Waals surface area contributed by atoms with E-state index in [1.165, 1.54) is 6.07 Å². The van der Waals surface area contributed by atoms with Crippen LogP contribution in [-0.4, -0.2) is 27.4 Å². The predicted molar refractivity (Wildman–Crippen MR) is 85.5 cm³/mol. The third-order valence-corrected chi connectivity index (χ3v) is 5.86. The molecule has 1 amide bonds. The molecule has 1 aromatic carbocycles. The number of thiophene rings is 1. The quantitative estimate of drug-likeness (QED) is 0.553. The van der Waals surface area contributed by atoms with Crippen LogP contribution in [0.25, 0.3) is 0 Å². The van der Waals surface area contributed by atoms with E-state index < -0.39 is 10.0 Å². The van der Waals surface area contributed by atoms with Crippen molar-refractivity contribution in [2.45, 2.75) is 9.10 Å². The van der Waals surface area contributed by atoms with Crippen LogP contribution >= 0.6 is 24.0 Å². The average Bonchev–Trinajstić information content (AvgIpc) is 2.99. The summed E-state index contributed by atoms with van der Waals surface area (Å²) in [4.78, 5) is 12.5. The topological polar surface area (TPSA) is 75.3 Å². The zero-order chi connectivity index (χ0) is 15.3. The molecule has 0 radical (unpaired) electrons. The first kappa shape index (κ1) is 16.0. The molecule has 0 spiro atoms. The minimum atomic E-state index is -3.49. The van der Waals surface area contributed by atoms with Crippen LogP contribution in [-0.2, 0) is 10.0 Å². The second kappa shape index (κ2) is 7.08. The maximum Gasteiger partial charge on any atom is 0.252 e. The summed E-state index contributed by atoms with van der Waals surface area (Å²) in [6.07, 6.45) is 0. The summed E-state index contributed by atoms with van der Waals surface area (Å²) >= 11 is 5.34. The molecule has 0 aliphatic carbocycles. The third-order valence-electron chi connectivity index (χ3n) is 2.61. The first-order chi connectivity index (χ1) is 10.0. The lowest BCUT2D eigenvalue weighted by atomic mass is 10.2. The fourth-order valence-electron chi connectivity index (χ4n) is 1.61. The summed E-state index contributed by atoms with van der Waals surface area (Å²) in [6.45, 7) is 0.326. The van der Waals surface area contributed by atoms with Gasteiger partial charge in [0.2, 0.25) is 10.0 Å². The van der Waals surface area contributed by atoms with Gasteiger partial charge in [0, 0.05) is 18.0 Å². The van der Waals surface area contributed by atoms with Gasteiger partial charge in [-0.3, -0.25) is 4.79 Å². The van der Waals surface area contributed by atoms with E-state index in [0.717, 1.165) is 11.3 Å². The van der Waals surface area contributed by atoms with Gasteiger partial charge in [-0.1, -0.05) is 18.2 Å². The predicted octanol–water partition coefficient (Wildman–Crippen LogP) is 1.75. The molecule has 8 heteroatoms. The second-order valence-electron chi connectivity index (χ2n) is 4.10. The Labute approximate surface area is 132 Å². The van der Waals surface area contributed by atoms with E-state index in [-0.39, 0.29) is 23.2 Å². The molecule has 5 nitrogen and oxygen atoms in total. The summed E-state index contributed by atoms with van der Waals surface area (Å²) in [5.74, 6) is -0.282. The van der Waals surface area contributed by atoms with Gasteiger partial charge < -0.3 is 5.32 Å². The van der Waals surface area contributed by atoms with Crippen LogP contribution < -0.4 is 10.0 Å². The zero-order valence-electron chi connectivity index (χ0n) is 10.9. The summed E-state index contributed by atoms with van der Waals surface area (Å²) in [6, 6.07) is 10.1. The standard InChI is InChI=1S/C13H14N2O3S3/c16-13(10-4-1-2-5-11(10)19)14-7-8-15-21(17,18)12-6-3-9-20-12/h1-6,9,15,19H,7-8H2,(H,14,16). The van der Waals surface area contributed by atoms with Gasteiger partial charge in [-0.15, -0.1) is 24.0 Å². The summed E-state index contributed by atoms with van der Waals surface area (Å²) in [5.41, 5.74) is 0.460. The highest BCUT2D eigenvalue weighted by atomic mass is 32.2. The van der Waals surface area contributed by atoms with E-state index in [1.807, 2.05) is 0 Å². The smallest absolute Gasteiger partial charge is 0.252 e. The van der Waals surface area contributed by atoms with E-state index in [4.69, 9.17) is 0 Å². The third kappa shape index (κ3) is 4.31. The van der Waals surface area contributed by atoms with Crippen molar-refractivity contribution < 1.29 is 13.2 Å². The van der Waals surface area contributed by atoms with E-state index in [2.05, 4.69) is 22.7 Å². The molecular weight excluding hydrogens is 328 g/mol. The summed E-state index contributed by atoms with van der Waals surface area (Å²) < 4.78 is 26.4. The molecule has 21 heavy (non-hydrogen) atoms. The molecule has 0 bridgehead atoms. The highest BCUT2D eigenvalue weighted by Crippen LogP contribution is 2.15. The van der Waals surface area contributed by atoms with Crippen LogP contribution in [0.4, 0.5) is 0 Å². The van der Waals surface area contributed by atoms with Gasteiger partial charge in [0.15, 0.2) is 0 Å². The molecule has 0 aliphatic heterocycles. The lowest BCUT2D eigenvalue weighted by molar-refractivity contribution is 0.0951. The van der Waals surface area contributed by atoms with Crippen molar-refractivity contribution in [1.29, 1.82) is 0 Å². The number of nitrogens with one attached hydrogen (secondary N) is 2. The fourth-order valence-corrected chi connectivity index (χ4v) is 3.94. The van der Waals surface area contributed by atoms with Gasteiger partial charge in [-0.25, -0.2) is 13.1 Å². The Balaban J connectivity index is 1.83. The number of sulfonamides is 1. The summed E-state index contributed by atoms with van der Waals surface area (Å²) in [7, 11) is -3.49. The molecule has 0 saturated heterocycles. The Morgan fingerprint density at radius 2 is 1.90 bits per heavy atom. The van der Waals surface area contributed by atoms with E-state index in [9.17, 15) is 13.2 Å². The number of amides is 1. The second-order valence-corrected chi connectivity index (χ2v) is 7.53. The summed E-state index contributed by atoms with van der Waals surface area (Å²) in [5, 5.41) is 4.34. The maximum atomic E-state index is 11.9. The van der Waals surface area contributed by atoms with Crippen LogP contribution in [0, 0.1) is 0 Å².